The van der Waals surface area contributed by atoms with E-state index in [1.54, 1.807) is 0 Å². The highest BCUT2D eigenvalue weighted by Gasteiger charge is 2.41. The van der Waals surface area contributed by atoms with Crippen molar-refractivity contribution in [2.45, 2.75) is 13.1 Å². The minimum absolute atomic E-state index is 0.0459. The number of halogens is 4. The fourth-order valence-electron chi connectivity index (χ4n) is 2.91. The van der Waals surface area contributed by atoms with Crippen LogP contribution in [0.4, 0.5) is 24.7 Å². The molecule has 0 aliphatic carbocycles. The number of aromatic nitrogens is 7. The number of rotatable bonds is 4. The third-order valence-electron chi connectivity index (χ3n) is 4.41. The van der Waals surface area contributed by atoms with Crippen molar-refractivity contribution < 1.29 is 18.0 Å². The van der Waals surface area contributed by atoms with Gasteiger partial charge in [0.1, 0.15) is 5.82 Å². The first-order valence-corrected chi connectivity index (χ1v) is 9.25. The Hall–Kier alpha value is -4.00. The van der Waals surface area contributed by atoms with E-state index in [4.69, 9.17) is 17.3 Å². The van der Waals surface area contributed by atoms with Gasteiger partial charge in [-0.15, -0.1) is 4.80 Å². The zero-order chi connectivity index (χ0) is 23.0. The van der Waals surface area contributed by atoms with E-state index in [0.29, 0.717) is 4.68 Å². The van der Waals surface area contributed by atoms with Gasteiger partial charge < -0.3 is 11.1 Å². The van der Waals surface area contributed by atoms with E-state index >= 15 is 0 Å². The maximum Gasteiger partial charge on any atom is 0.434 e. The average Bonchev–Trinajstić information content (AvgIpc) is 3.40. The summed E-state index contributed by atoms with van der Waals surface area (Å²) in [6, 6.07) is 2.64. The van der Waals surface area contributed by atoms with Crippen molar-refractivity contribution in [3.05, 3.63) is 65.0 Å². The summed E-state index contributed by atoms with van der Waals surface area (Å²) >= 11 is 6.14. The van der Waals surface area contributed by atoms with Gasteiger partial charge in [0.25, 0.3) is 5.91 Å². The van der Waals surface area contributed by atoms with Crippen LogP contribution in [-0.2, 0) is 6.18 Å². The highest BCUT2D eigenvalue weighted by atomic mass is 35.5. The molecule has 0 atom stereocenters. The number of nitrogens with two attached hydrogens (primary N) is 1. The fraction of sp³-hybridized carbons (Fsp3) is 0.111. The molecule has 4 aromatic rings. The molecule has 0 fully saturated rings. The summed E-state index contributed by atoms with van der Waals surface area (Å²) in [4.78, 5) is 21.7. The molecule has 14 heteroatoms. The molecule has 164 valence electrons. The number of nitrogen functional groups attached to an aromatic ring is 1. The normalized spacial score (nSPS) is 11.5. The molecule has 0 aliphatic heterocycles. The third-order valence-corrected chi connectivity index (χ3v) is 4.69. The van der Waals surface area contributed by atoms with Gasteiger partial charge in [-0.1, -0.05) is 11.6 Å². The number of amides is 1. The molecule has 0 saturated heterocycles. The van der Waals surface area contributed by atoms with Crippen LogP contribution in [0.25, 0.3) is 11.5 Å². The van der Waals surface area contributed by atoms with E-state index in [9.17, 15) is 18.0 Å². The van der Waals surface area contributed by atoms with Crippen molar-refractivity contribution in [1.82, 2.24) is 34.7 Å². The lowest BCUT2D eigenvalue weighted by Crippen LogP contribution is -2.21. The third kappa shape index (κ3) is 3.85. The maximum absolute atomic E-state index is 13.9. The van der Waals surface area contributed by atoms with Crippen molar-refractivity contribution in [1.29, 1.82) is 0 Å². The van der Waals surface area contributed by atoms with Crippen molar-refractivity contribution in [2.24, 2.45) is 0 Å². The summed E-state index contributed by atoms with van der Waals surface area (Å²) in [5, 5.41) is 14.0. The highest BCUT2D eigenvalue weighted by molar-refractivity contribution is 6.32. The summed E-state index contributed by atoms with van der Waals surface area (Å²) in [5.41, 5.74) is 4.15. The Bertz CT molecular complexity index is 1300. The molecule has 4 heterocycles. The second kappa shape index (κ2) is 7.92. The lowest BCUT2D eigenvalue weighted by molar-refractivity contribution is -0.143. The topological polar surface area (TPSA) is 129 Å². The molecule has 4 rings (SSSR count). The van der Waals surface area contributed by atoms with Gasteiger partial charge in [0.2, 0.25) is 0 Å². The summed E-state index contributed by atoms with van der Waals surface area (Å²) in [5.74, 6) is -0.820. The Morgan fingerprint density at radius 3 is 2.50 bits per heavy atom. The lowest BCUT2D eigenvalue weighted by atomic mass is 10.2. The van der Waals surface area contributed by atoms with E-state index in [2.05, 4.69) is 30.6 Å². The molecule has 32 heavy (non-hydrogen) atoms. The van der Waals surface area contributed by atoms with Gasteiger partial charge in [-0.05, 0) is 19.1 Å². The molecule has 0 spiro atoms. The molecule has 4 aromatic heterocycles. The monoisotopic (exact) mass is 463 g/mol. The Balaban J connectivity index is 1.70. The van der Waals surface area contributed by atoms with Crippen LogP contribution in [0.15, 0.2) is 43.1 Å². The van der Waals surface area contributed by atoms with Crippen LogP contribution >= 0.6 is 11.6 Å². The molecule has 0 radical (unpaired) electrons. The van der Waals surface area contributed by atoms with Crippen LogP contribution in [-0.4, -0.2) is 40.6 Å². The number of nitrogens with one attached hydrogen (secondary N) is 1. The van der Waals surface area contributed by atoms with Gasteiger partial charge >= 0.3 is 6.18 Å². The van der Waals surface area contributed by atoms with Crippen molar-refractivity contribution in [3.8, 4) is 11.5 Å². The van der Waals surface area contributed by atoms with Gasteiger partial charge in [0, 0.05) is 11.8 Å². The summed E-state index contributed by atoms with van der Waals surface area (Å²) < 4.78 is 42.3. The minimum atomic E-state index is -4.89. The van der Waals surface area contributed by atoms with Crippen LogP contribution in [0, 0.1) is 6.92 Å². The largest absolute Gasteiger partial charge is 0.434 e. The smallest absolute Gasteiger partial charge is 0.383 e. The van der Waals surface area contributed by atoms with Crippen LogP contribution in [0.3, 0.4) is 0 Å². The van der Waals surface area contributed by atoms with E-state index in [-0.39, 0.29) is 33.6 Å². The standard InChI is InChI=1S/C18H13ClF3N9O/c1-9-13(2-3-24-15(9)23)30-14(18(20,21)22)11(8-28-30)17(32)29-10-6-12(19)16(25-7-10)31-26-4-5-27-31/h2-8H,1H3,(H2,23,24)(H,29,32). The number of pyridine rings is 2. The quantitative estimate of drug-likeness (QED) is 0.475. The number of hydrogen-bond acceptors (Lipinski definition) is 7. The van der Waals surface area contributed by atoms with Crippen LogP contribution < -0.4 is 11.1 Å². The highest BCUT2D eigenvalue weighted by Crippen LogP contribution is 2.35. The number of alkyl halides is 3. The first-order valence-electron chi connectivity index (χ1n) is 8.87. The molecule has 1 amide bonds. The van der Waals surface area contributed by atoms with Gasteiger partial charge in [-0.2, -0.15) is 28.5 Å². The molecule has 0 saturated carbocycles. The van der Waals surface area contributed by atoms with E-state index in [1.807, 2.05) is 0 Å². The summed E-state index contributed by atoms with van der Waals surface area (Å²) in [6.07, 6.45) is 1.24. The Morgan fingerprint density at radius 2 is 1.84 bits per heavy atom. The molecule has 0 unspecified atom stereocenters. The predicted octanol–water partition coefficient (Wildman–Crippen LogP) is 3.06. The van der Waals surface area contributed by atoms with E-state index in [1.165, 1.54) is 43.8 Å². The second-order valence-corrected chi connectivity index (χ2v) is 6.87. The van der Waals surface area contributed by atoms with Crippen LogP contribution in [0.5, 0.6) is 0 Å². The first kappa shape index (κ1) is 21.2. The summed E-state index contributed by atoms with van der Waals surface area (Å²) in [6.45, 7) is 1.50. The number of hydrogen-bond donors (Lipinski definition) is 2. The zero-order valence-corrected chi connectivity index (χ0v) is 16.9. The molecule has 10 nitrogen and oxygen atoms in total. The number of anilines is 2. The predicted molar refractivity (Wildman–Crippen MR) is 108 cm³/mol. The van der Waals surface area contributed by atoms with E-state index in [0.717, 1.165) is 11.0 Å². The number of carbonyl (C=O) groups excluding carboxylic acids is 1. The molecule has 3 N–H and O–H groups in total. The Labute approximate surface area is 182 Å². The zero-order valence-electron chi connectivity index (χ0n) is 16.2. The second-order valence-electron chi connectivity index (χ2n) is 6.46. The number of nitrogens with zero attached hydrogens (tertiary/aromatic N) is 7. The van der Waals surface area contributed by atoms with Gasteiger partial charge in [-0.3, -0.25) is 4.79 Å². The van der Waals surface area contributed by atoms with Crippen LogP contribution in [0.1, 0.15) is 21.6 Å². The van der Waals surface area contributed by atoms with Gasteiger partial charge in [0.15, 0.2) is 11.5 Å². The van der Waals surface area contributed by atoms with Gasteiger partial charge in [0.05, 0.1) is 46.7 Å². The van der Waals surface area contributed by atoms with Crippen LogP contribution in [0.2, 0.25) is 5.02 Å². The molecular weight excluding hydrogens is 451 g/mol. The van der Waals surface area contributed by atoms with Crippen molar-refractivity contribution in [3.63, 3.8) is 0 Å². The van der Waals surface area contributed by atoms with Crippen molar-refractivity contribution in [2.75, 3.05) is 11.1 Å². The van der Waals surface area contributed by atoms with Crippen molar-refractivity contribution >= 4 is 29.0 Å². The maximum atomic E-state index is 13.9. The lowest BCUT2D eigenvalue weighted by Gasteiger charge is -2.15. The molecular formula is C18H13ClF3N9O. The Morgan fingerprint density at radius 1 is 1.12 bits per heavy atom. The van der Waals surface area contributed by atoms with Gasteiger partial charge in [-0.25, -0.2) is 14.6 Å². The molecule has 0 aliphatic rings. The van der Waals surface area contributed by atoms with E-state index < -0.39 is 23.3 Å². The fourth-order valence-corrected chi connectivity index (χ4v) is 3.15. The minimum Gasteiger partial charge on any atom is -0.383 e. The Kier molecular flexibility index (Phi) is 5.26. The molecule has 0 bridgehead atoms. The average molecular weight is 464 g/mol. The first-order chi connectivity index (χ1) is 15.2. The SMILES string of the molecule is Cc1c(-n2ncc(C(=O)Nc3cnc(-n4nccn4)c(Cl)c3)c2C(F)(F)F)ccnc1N. The summed E-state index contributed by atoms with van der Waals surface area (Å²) in [7, 11) is 0. The molecule has 0 aromatic carbocycles. The number of carbonyl (C=O) groups is 1.